The molecule has 3 aromatic carbocycles. The number of ether oxygens (including phenoxy) is 1. The molecule has 5 rings (SSSR count). The van der Waals surface area contributed by atoms with Crippen LogP contribution >= 0.6 is 0 Å². The molecule has 2 amide bonds. The molecule has 180 valence electrons. The molecule has 0 spiro atoms. The molecule has 1 saturated heterocycles. The zero-order valence-electron chi connectivity index (χ0n) is 18.7. The molecular weight excluding hydrogens is 471 g/mol. The molecule has 8 nitrogen and oxygen atoms in total. The minimum absolute atomic E-state index is 0.219. The molecule has 0 aromatic heterocycles. The molecule has 10 heteroatoms. The van der Waals surface area contributed by atoms with E-state index in [9.17, 15) is 17.6 Å². The van der Waals surface area contributed by atoms with Gasteiger partial charge in [0.2, 0.25) is 0 Å². The first-order valence-electron chi connectivity index (χ1n) is 11.1. The van der Waals surface area contributed by atoms with Crippen LogP contribution in [0.1, 0.15) is 11.1 Å². The van der Waals surface area contributed by atoms with Crippen LogP contribution in [-0.4, -0.2) is 56.3 Å². The molecule has 1 fully saturated rings. The predicted octanol–water partition coefficient (Wildman–Crippen LogP) is 3.70. The van der Waals surface area contributed by atoms with E-state index >= 15 is 0 Å². The van der Waals surface area contributed by atoms with E-state index in [0.29, 0.717) is 49.0 Å². The van der Waals surface area contributed by atoms with Crippen molar-refractivity contribution in [3.05, 3.63) is 89.7 Å². The number of sulfonamides is 1. The largest absolute Gasteiger partial charge is 0.489 e. The van der Waals surface area contributed by atoms with Gasteiger partial charge in [-0.3, -0.25) is 0 Å². The van der Waals surface area contributed by atoms with Crippen LogP contribution in [0.15, 0.2) is 82.1 Å². The standard InChI is InChI=1S/C25H23FN4O4S/c26-19-10-8-18(9-11-19)17-34-21-5-3-4-20(16-21)27-25(31)30-14-12-29(13-15-30)24-22-6-1-2-7-23(22)35(32,33)28-24/h1-11,16H,12-15,17H2,(H,27,31). The van der Waals surface area contributed by atoms with Gasteiger partial charge in [-0.25, -0.2) is 9.18 Å². The molecule has 0 bridgehead atoms. The van der Waals surface area contributed by atoms with Crippen LogP contribution in [0.5, 0.6) is 5.75 Å². The summed E-state index contributed by atoms with van der Waals surface area (Å²) in [7, 11) is -3.68. The second kappa shape index (κ2) is 9.38. The van der Waals surface area contributed by atoms with Crippen molar-refractivity contribution in [3.63, 3.8) is 0 Å². The van der Waals surface area contributed by atoms with Gasteiger partial charge in [0.15, 0.2) is 5.84 Å². The molecule has 35 heavy (non-hydrogen) atoms. The van der Waals surface area contributed by atoms with E-state index in [1.807, 2.05) is 4.90 Å². The summed E-state index contributed by atoms with van der Waals surface area (Å²) >= 11 is 0. The number of rotatable bonds is 4. The van der Waals surface area contributed by atoms with E-state index in [1.54, 1.807) is 65.6 Å². The molecule has 0 atom stereocenters. The van der Waals surface area contributed by atoms with Crippen LogP contribution in [-0.2, 0) is 16.6 Å². The van der Waals surface area contributed by atoms with Gasteiger partial charge in [0, 0.05) is 43.5 Å². The van der Waals surface area contributed by atoms with Crippen LogP contribution in [0, 0.1) is 5.82 Å². The first kappa shape index (κ1) is 22.9. The summed E-state index contributed by atoms with van der Waals surface area (Å²) in [6.45, 7) is 2.07. The highest BCUT2D eigenvalue weighted by molar-refractivity contribution is 7.90. The molecule has 2 heterocycles. The lowest BCUT2D eigenvalue weighted by Crippen LogP contribution is -2.51. The number of fused-ring (bicyclic) bond motifs is 1. The molecule has 0 aliphatic carbocycles. The molecule has 0 saturated carbocycles. The number of hydrogen-bond donors (Lipinski definition) is 1. The smallest absolute Gasteiger partial charge is 0.321 e. The number of amides is 2. The Morgan fingerprint density at radius 2 is 1.71 bits per heavy atom. The lowest BCUT2D eigenvalue weighted by Gasteiger charge is -2.35. The van der Waals surface area contributed by atoms with E-state index in [0.717, 1.165) is 5.56 Å². The third-order valence-corrected chi connectivity index (χ3v) is 7.21. The summed E-state index contributed by atoms with van der Waals surface area (Å²) < 4.78 is 47.4. The Labute approximate surface area is 202 Å². The second-order valence-corrected chi connectivity index (χ2v) is 9.81. The van der Waals surface area contributed by atoms with Gasteiger partial charge in [-0.1, -0.05) is 30.3 Å². The van der Waals surface area contributed by atoms with Gasteiger partial charge in [0.25, 0.3) is 10.0 Å². The summed E-state index contributed by atoms with van der Waals surface area (Å²) in [5, 5.41) is 2.88. The Bertz CT molecular complexity index is 1380. The second-order valence-electron chi connectivity index (χ2n) is 8.23. The first-order chi connectivity index (χ1) is 16.9. The van der Waals surface area contributed by atoms with Crippen LogP contribution in [0.3, 0.4) is 0 Å². The Morgan fingerprint density at radius 3 is 2.49 bits per heavy atom. The van der Waals surface area contributed by atoms with Crippen molar-refractivity contribution in [2.24, 2.45) is 4.40 Å². The number of hydrogen-bond acceptors (Lipinski definition) is 5. The zero-order valence-corrected chi connectivity index (χ0v) is 19.5. The minimum Gasteiger partial charge on any atom is -0.489 e. The predicted molar refractivity (Wildman–Crippen MR) is 130 cm³/mol. The Balaban J connectivity index is 1.17. The molecule has 1 N–H and O–H groups in total. The number of benzene rings is 3. The summed E-state index contributed by atoms with van der Waals surface area (Å²) in [5.74, 6) is 0.716. The number of amidine groups is 1. The number of halogens is 1. The highest BCUT2D eigenvalue weighted by Gasteiger charge is 2.33. The maximum absolute atomic E-state index is 13.1. The highest BCUT2D eigenvalue weighted by Crippen LogP contribution is 2.28. The van der Waals surface area contributed by atoms with Crippen LogP contribution in [0.25, 0.3) is 0 Å². The van der Waals surface area contributed by atoms with Crippen molar-refractivity contribution in [1.29, 1.82) is 0 Å². The highest BCUT2D eigenvalue weighted by atomic mass is 32.2. The average Bonchev–Trinajstić information content (AvgIpc) is 3.15. The molecule has 2 aliphatic heterocycles. The fraction of sp³-hybridized carbons (Fsp3) is 0.200. The normalized spacial score (nSPS) is 16.4. The number of urea groups is 1. The third kappa shape index (κ3) is 4.97. The Kier molecular flexibility index (Phi) is 6.12. The molecular formula is C25H23FN4O4S. The lowest BCUT2D eigenvalue weighted by molar-refractivity contribution is 0.181. The topological polar surface area (TPSA) is 91.3 Å². The van der Waals surface area contributed by atoms with Gasteiger partial charge in [-0.2, -0.15) is 8.42 Å². The maximum atomic E-state index is 13.1. The van der Waals surface area contributed by atoms with Gasteiger partial charge in [0.1, 0.15) is 23.1 Å². The summed E-state index contributed by atoms with van der Waals surface area (Å²) in [6, 6.07) is 19.7. The van der Waals surface area contributed by atoms with Crippen molar-refractivity contribution < 1.29 is 22.3 Å². The lowest BCUT2D eigenvalue weighted by atomic mass is 10.1. The van der Waals surface area contributed by atoms with Gasteiger partial charge in [-0.05, 0) is 42.0 Å². The number of anilines is 1. The van der Waals surface area contributed by atoms with Crippen molar-refractivity contribution in [3.8, 4) is 5.75 Å². The van der Waals surface area contributed by atoms with Crippen molar-refractivity contribution in [1.82, 2.24) is 9.80 Å². The van der Waals surface area contributed by atoms with E-state index in [4.69, 9.17) is 4.74 Å². The summed E-state index contributed by atoms with van der Waals surface area (Å²) in [4.78, 5) is 16.6. The number of nitrogens with zero attached hydrogens (tertiary/aromatic N) is 3. The third-order valence-electron chi connectivity index (χ3n) is 5.88. The van der Waals surface area contributed by atoms with Crippen molar-refractivity contribution in [2.45, 2.75) is 11.5 Å². The fourth-order valence-electron chi connectivity index (χ4n) is 4.05. The Hall–Kier alpha value is -3.92. The quantitative estimate of drug-likeness (QED) is 0.597. The van der Waals surface area contributed by atoms with Crippen molar-refractivity contribution >= 4 is 27.6 Å². The average molecular weight is 495 g/mol. The van der Waals surface area contributed by atoms with Gasteiger partial charge < -0.3 is 19.9 Å². The Morgan fingerprint density at radius 1 is 0.971 bits per heavy atom. The van der Waals surface area contributed by atoms with E-state index in [1.165, 1.54) is 12.1 Å². The molecule has 3 aromatic rings. The van der Waals surface area contributed by atoms with E-state index in [-0.39, 0.29) is 23.4 Å². The van der Waals surface area contributed by atoms with Crippen LogP contribution in [0.2, 0.25) is 0 Å². The monoisotopic (exact) mass is 494 g/mol. The SMILES string of the molecule is O=C(Nc1cccc(OCc2ccc(F)cc2)c1)N1CCN(C2=NS(=O)(=O)c3ccccc32)CC1. The number of carbonyl (C=O) groups excluding carboxylic acids is 1. The van der Waals surface area contributed by atoms with Crippen LogP contribution in [0.4, 0.5) is 14.9 Å². The van der Waals surface area contributed by atoms with E-state index in [2.05, 4.69) is 9.71 Å². The number of carbonyl (C=O) groups is 1. The van der Waals surface area contributed by atoms with E-state index < -0.39 is 10.0 Å². The number of nitrogens with one attached hydrogen (secondary N) is 1. The maximum Gasteiger partial charge on any atom is 0.321 e. The molecule has 0 unspecified atom stereocenters. The first-order valence-corrected chi connectivity index (χ1v) is 12.6. The van der Waals surface area contributed by atoms with Gasteiger partial charge in [0.05, 0.1) is 0 Å². The number of piperazine rings is 1. The van der Waals surface area contributed by atoms with Gasteiger partial charge >= 0.3 is 6.03 Å². The molecule has 2 aliphatic rings. The van der Waals surface area contributed by atoms with Gasteiger partial charge in [-0.15, -0.1) is 4.40 Å². The summed E-state index contributed by atoms with van der Waals surface area (Å²) in [5.41, 5.74) is 2.03. The zero-order chi connectivity index (χ0) is 24.4. The minimum atomic E-state index is -3.68. The summed E-state index contributed by atoms with van der Waals surface area (Å²) in [6.07, 6.45) is 0. The van der Waals surface area contributed by atoms with Crippen LogP contribution < -0.4 is 10.1 Å². The molecule has 0 radical (unpaired) electrons. The fourth-order valence-corrected chi connectivity index (χ4v) is 5.28. The van der Waals surface area contributed by atoms with Crippen molar-refractivity contribution in [2.75, 3.05) is 31.5 Å².